The monoisotopic (exact) mass is 333 g/mol. The van der Waals surface area contributed by atoms with Gasteiger partial charge in [0, 0.05) is 48.5 Å². The Morgan fingerprint density at radius 1 is 1.58 bits per heavy atom. The fourth-order valence-corrected chi connectivity index (χ4v) is 3.40. The minimum atomic E-state index is -0.363. The summed E-state index contributed by atoms with van der Waals surface area (Å²) in [6.07, 6.45) is 2.36. The lowest BCUT2D eigenvalue weighted by atomic mass is 10.1. The van der Waals surface area contributed by atoms with Gasteiger partial charge >= 0.3 is 4.61 Å². The van der Waals surface area contributed by atoms with Crippen molar-refractivity contribution in [3.05, 3.63) is 20.5 Å². The molecule has 0 aromatic heterocycles. The van der Waals surface area contributed by atoms with Crippen molar-refractivity contribution >= 4 is 15.9 Å². The highest BCUT2D eigenvalue weighted by molar-refractivity contribution is 9.11. The topological polar surface area (TPSA) is 58.9 Å². The van der Waals surface area contributed by atoms with Gasteiger partial charge in [-0.2, -0.15) is 0 Å². The molecule has 0 aromatic carbocycles. The van der Waals surface area contributed by atoms with Gasteiger partial charge < -0.3 is 14.5 Å². The number of nitro groups is 1. The van der Waals surface area contributed by atoms with Gasteiger partial charge in [0.25, 0.3) is 0 Å². The van der Waals surface area contributed by atoms with Crippen LogP contribution < -0.4 is 0 Å². The molecule has 0 aromatic rings. The Kier molecular flexibility index (Phi) is 4.67. The van der Waals surface area contributed by atoms with E-state index >= 15 is 0 Å². The van der Waals surface area contributed by atoms with Gasteiger partial charge in [0.15, 0.2) is 5.82 Å². The molecule has 108 valence electrons. The fourth-order valence-electron chi connectivity index (χ4n) is 2.84. The summed E-state index contributed by atoms with van der Waals surface area (Å²) in [7, 11) is 1.90. The van der Waals surface area contributed by atoms with Crippen LogP contribution in [0.15, 0.2) is 10.4 Å². The van der Waals surface area contributed by atoms with E-state index in [0.29, 0.717) is 17.8 Å². The van der Waals surface area contributed by atoms with Crippen LogP contribution >= 0.6 is 15.9 Å². The van der Waals surface area contributed by atoms with Crippen LogP contribution in [0.3, 0.4) is 0 Å². The number of hydrogen-bond donors (Lipinski definition) is 0. The van der Waals surface area contributed by atoms with E-state index in [1.807, 2.05) is 11.9 Å². The molecule has 0 N–H and O–H groups in total. The van der Waals surface area contributed by atoms with E-state index in [-0.39, 0.29) is 9.53 Å². The summed E-state index contributed by atoms with van der Waals surface area (Å²) in [6.45, 7) is 5.38. The standard InChI is InChI=1S/C12H20BrN3O3/c1-9-6-10(8-19-9)7-15-5-3-4-14(2)12(15)11(13)16(17)18/h9-10H,3-8H2,1-2H3. The maximum atomic E-state index is 11.0. The Morgan fingerprint density at radius 3 is 2.89 bits per heavy atom. The summed E-state index contributed by atoms with van der Waals surface area (Å²) >= 11 is 3.11. The molecule has 0 radical (unpaired) electrons. The van der Waals surface area contributed by atoms with Gasteiger partial charge in [-0.3, -0.25) is 10.1 Å². The minimum Gasteiger partial charge on any atom is -0.378 e. The summed E-state index contributed by atoms with van der Waals surface area (Å²) in [5.74, 6) is 1.15. The fraction of sp³-hybridized carbons (Fsp3) is 0.833. The van der Waals surface area contributed by atoms with Gasteiger partial charge in [-0.05, 0) is 19.8 Å². The highest BCUT2D eigenvalue weighted by Gasteiger charge is 2.31. The average molecular weight is 334 g/mol. The van der Waals surface area contributed by atoms with Crippen molar-refractivity contribution in [1.29, 1.82) is 0 Å². The second-order valence-corrected chi connectivity index (χ2v) is 6.09. The smallest absolute Gasteiger partial charge is 0.350 e. The molecular formula is C12H20BrN3O3. The van der Waals surface area contributed by atoms with E-state index in [4.69, 9.17) is 4.74 Å². The molecule has 0 spiro atoms. The Bertz CT molecular complexity index is 388. The molecule has 0 aliphatic carbocycles. The number of halogens is 1. The molecule has 2 atom stereocenters. The van der Waals surface area contributed by atoms with Gasteiger partial charge in [0.1, 0.15) is 0 Å². The molecule has 7 heteroatoms. The predicted octanol–water partition coefficient (Wildman–Crippen LogP) is 1.85. The third-order valence-corrected chi connectivity index (χ3v) is 4.33. The summed E-state index contributed by atoms with van der Waals surface area (Å²) < 4.78 is 5.63. The minimum absolute atomic E-state index is 0.0571. The van der Waals surface area contributed by atoms with Crippen LogP contribution in [-0.4, -0.2) is 54.1 Å². The molecule has 2 aliphatic heterocycles. The third kappa shape index (κ3) is 3.39. The van der Waals surface area contributed by atoms with Crippen LogP contribution in [0.1, 0.15) is 19.8 Å². The van der Waals surface area contributed by atoms with Gasteiger partial charge in [-0.15, -0.1) is 0 Å². The van der Waals surface area contributed by atoms with Crippen LogP contribution in [0.2, 0.25) is 0 Å². The molecule has 19 heavy (non-hydrogen) atoms. The second-order valence-electron chi connectivity index (χ2n) is 5.34. The molecule has 6 nitrogen and oxygen atoms in total. The number of rotatable bonds is 3. The molecule has 0 amide bonds. The van der Waals surface area contributed by atoms with Gasteiger partial charge in [0.2, 0.25) is 0 Å². The summed E-state index contributed by atoms with van der Waals surface area (Å²) in [5, 5.41) is 11.0. The van der Waals surface area contributed by atoms with Crippen LogP contribution in [0.25, 0.3) is 0 Å². The quantitative estimate of drug-likeness (QED) is 0.448. The van der Waals surface area contributed by atoms with E-state index in [1.54, 1.807) is 0 Å². The van der Waals surface area contributed by atoms with Crippen molar-refractivity contribution in [3.63, 3.8) is 0 Å². The van der Waals surface area contributed by atoms with Crippen LogP contribution in [0, 0.1) is 16.0 Å². The summed E-state index contributed by atoms with van der Waals surface area (Å²) in [6, 6.07) is 0. The van der Waals surface area contributed by atoms with Crippen molar-refractivity contribution in [2.75, 3.05) is 33.3 Å². The van der Waals surface area contributed by atoms with E-state index in [0.717, 1.165) is 39.1 Å². The van der Waals surface area contributed by atoms with Crippen molar-refractivity contribution in [3.8, 4) is 0 Å². The predicted molar refractivity (Wildman–Crippen MR) is 75.3 cm³/mol. The second kappa shape index (κ2) is 6.09. The maximum absolute atomic E-state index is 11.0. The first-order chi connectivity index (χ1) is 8.99. The number of ether oxygens (including phenoxy) is 1. The van der Waals surface area contributed by atoms with Crippen LogP contribution in [0.4, 0.5) is 0 Å². The van der Waals surface area contributed by atoms with Crippen LogP contribution in [0.5, 0.6) is 0 Å². The average Bonchev–Trinajstić information content (AvgIpc) is 2.74. The lowest BCUT2D eigenvalue weighted by molar-refractivity contribution is -0.412. The largest absolute Gasteiger partial charge is 0.378 e. The van der Waals surface area contributed by atoms with Crippen molar-refractivity contribution in [2.24, 2.45) is 5.92 Å². The van der Waals surface area contributed by atoms with E-state index in [1.165, 1.54) is 0 Å². The first kappa shape index (κ1) is 14.6. The third-order valence-electron chi connectivity index (χ3n) is 3.69. The lowest BCUT2D eigenvalue weighted by Crippen LogP contribution is -2.43. The molecule has 2 fully saturated rings. The molecule has 2 saturated heterocycles. The number of nitrogens with zero attached hydrogens (tertiary/aromatic N) is 3. The SMILES string of the molecule is CC1CC(CN2CCCN(C)C2=C(Br)[N+](=O)[O-])CO1. The van der Waals surface area contributed by atoms with Gasteiger partial charge in [-0.25, -0.2) is 0 Å². The normalized spacial score (nSPS) is 30.7. The lowest BCUT2D eigenvalue weighted by Gasteiger charge is -2.38. The van der Waals surface area contributed by atoms with Gasteiger partial charge in [-0.1, -0.05) is 0 Å². The summed E-state index contributed by atoms with van der Waals surface area (Å²) in [4.78, 5) is 14.7. The Hall–Kier alpha value is -0.820. The molecule has 0 saturated carbocycles. The molecule has 0 bridgehead atoms. The molecule has 2 aliphatic rings. The zero-order valence-corrected chi connectivity index (χ0v) is 12.9. The Balaban J connectivity index is 2.12. The zero-order chi connectivity index (χ0) is 14.0. The van der Waals surface area contributed by atoms with Crippen LogP contribution in [-0.2, 0) is 4.74 Å². The van der Waals surface area contributed by atoms with E-state index in [2.05, 4.69) is 27.8 Å². The molecule has 2 unspecified atom stereocenters. The van der Waals surface area contributed by atoms with Gasteiger partial charge in [0.05, 0.1) is 17.6 Å². The molecule has 2 heterocycles. The van der Waals surface area contributed by atoms with E-state index in [9.17, 15) is 10.1 Å². The zero-order valence-electron chi connectivity index (χ0n) is 11.3. The first-order valence-corrected chi connectivity index (χ1v) is 7.40. The molecule has 2 rings (SSSR count). The Morgan fingerprint density at radius 2 is 2.32 bits per heavy atom. The molecular weight excluding hydrogens is 314 g/mol. The Labute approximate surface area is 121 Å². The first-order valence-electron chi connectivity index (χ1n) is 6.61. The summed E-state index contributed by atoms with van der Waals surface area (Å²) in [5.41, 5.74) is 0. The number of hydrogen-bond acceptors (Lipinski definition) is 5. The van der Waals surface area contributed by atoms with Crippen molar-refractivity contribution < 1.29 is 9.66 Å². The highest BCUT2D eigenvalue weighted by Crippen LogP contribution is 2.27. The van der Waals surface area contributed by atoms with Crippen molar-refractivity contribution in [1.82, 2.24) is 9.80 Å². The highest BCUT2D eigenvalue weighted by atomic mass is 79.9. The van der Waals surface area contributed by atoms with Crippen molar-refractivity contribution in [2.45, 2.75) is 25.9 Å². The maximum Gasteiger partial charge on any atom is 0.350 e. The van der Waals surface area contributed by atoms with E-state index < -0.39 is 0 Å².